The third-order valence-electron chi connectivity index (χ3n) is 4.65. The lowest BCUT2D eigenvalue weighted by Crippen LogP contribution is -2.27. The van der Waals surface area contributed by atoms with Gasteiger partial charge in [-0.3, -0.25) is 4.79 Å². The van der Waals surface area contributed by atoms with Crippen molar-refractivity contribution in [1.29, 1.82) is 0 Å². The smallest absolute Gasteiger partial charge is 0.267 e. The first-order valence-corrected chi connectivity index (χ1v) is 11.1. The average Bonchev–Trinajstić information content (AvgIpc) is 3.14. The molecular weight excluding hydrogens is 548 g/mol. The predicted molar refractivity (Wildman–Crippen MR) is 122 cm³/mol. The Morgan fingerprint density at radius 2 is 1.46 bits per heavy atom. The van der Waals surface area contributed by atoms with Crippen molar-refractivity contribution in [3.63, 3.8) is 0 Å². The molecule has 1 aliphatic rings. The van der Waals surface area contributed by atoms with E-state index >= 15 is 0 Å². The van der Waals surface area contributed by atoms with E-state index in [-0.39, 0.29) is 11.9 Å². The van der Waals surface area contributed by atoms with Gasteiger partial charge in [0.25, 0.3) is 5.91 Å². The van der Waals surface area contributed by atoms with Crippen LogP contribution in [0.3, 0.4) is 0 Å². The number of hydrogen-bond donors (Lipinski definition) is 0. The molecule has 3 nitrogen and oxygen atoms in total. The number of hydrazone groups is 1. The third-order valence-corrected chi connectivity index (χ3v) is 6.40. The van der Waals surface area contributed by atoms with Crippen molar-refractivity contribution >= 4 is 59.4 Å². The Labute approximate surface area is 188 Å². The van der Waals surface area contributed by atoms with Crippen LogP contribution in [-0.2, 0) is 0 Å². The Hall–Kier alpha value is -1.76. The van der Waals surface area contributed by atoms with Crippen LogP contribution >= 0.6 is 47.8 Å². The van der Waals surface area contributed by atoms with E-state index in [1.54, 1.807) is 5.01 Å². The number of halogens is 3. The topological polar surface area (TPSA) is 32.7 Å². The number of amides is 1. The highest BCUT2D eigenvalue weighted by Gasteiger charge is 2.34. The van der Waals surface area contributed by atoms with Crippen LogP contribution in [0.15, 0.2) is 91.3 Å². The van der Waals surface area contributed by atoms with Crippen molar-refractivity contribution < 1.29 is 4.79 Å². The summed E-state index contributed by atoms with van der Waals surface area (Å²) in [6.07, 6.45) is 0.666. The highest BCUT2D eigenvalue weighted by Crippen LogP contribution is 2.35. The van der Waals surface area contributed by atoms with E-state index in [9.17, 15) is 4.79 Å². The van der Waals surface area contributed by atoms with Gasteiger partial charge in [-0.1, -0.05) is 68.3 Å². The molecular formula is C22H15Br3N2O. The summed E-state index contributed by atoms with van der Waals surface area (Å²) in [5, 5.41) is 6.35. The quantitative estimate of drug-likeness (QED) is 0.339. The Kier molecular flexibility index (Phi) is 5.80. The van der Waals surface area contributed by atoms with E-state index in [1.807, 2.05) is 72.8 Å². The standard InChI is InChI=1S/C22H15Br3N2O/c23-16-9-5-14(6-10-16)20-13-21(15-7-11-17(24)12-8-15)27(26-20)22(28)18-3-1-2-4-19(18)25/h1-12,21H,13H2/t21-/m1/s1. The zero-order valence-corrected chi connectivity index (χ0v) is 19.4. The van der Waals surface area contributed by atoms with Gasteiger partial charge in [0.05, 0.1) is 17.3 Å². The average molecular weight is 563 g/mol. The first-order chi connectivity index (χ1) is 13.5. The summed E-state index contributed by atoms with van der Waals surface area (Å²) in [6, 6.07) is 23.4. The van der Waals surface area contributed by atoms with Gasteiger partial charge in [0, 0.05) is 19.8 Å². The molecule has 0 N–H and O–H groups in total. The Bertz CT molecular complexity index is 1050. The summed E-state index contributed by atoms with van der Waals surface area (Å²) in [7, 11) is 0. The molecule has 1 aliphatic heterocycles. The summed E-state index contributed by atoms with van der Waals surface area (Å²) in [5.74, 6) is -0.118. The first kappa shape index (κ1) is 19.6. The fourth-order valence-corrected chi connectivity index (χ4v) is 4.20. The Balaban J connectivity index is 1.75. The highest BCUT2D eigenvalue weighted by molar-refractivity contribution is 9.11. The predicted octanol–water partition coefficient (Wildman–Crippen LogP) is 6.97. The minimum absolute atomic E-state index is 0.118. The molecule has 1 amide bonds. The largest absolute Gasteiger partial charge is 0.275 e. The lowest BCUT2D eigenvalue weighted by atomic mass is 9.98. The van der Waals surface area contributed by atoms with Gasteiger partial charge < -0.3 is 0 Å². The number of carbonyl (C=O) groups is 1. The van der Waals surface area contributed by atoms with Gasteiger partial charge >= 0.3 is 0 Å². The molecule has 0 saturated carbocycles. The number of benzene rings is 3. The number of carbonyl (C=O) groups excluding carboxylic acids is 1. The zero-order chi connectivity index (χ0) is 19.7. The molecule has 0 aromatic heterocycles. The maximum absolute atomic E-state index is 13.3. The van der Waals surface area contributed by atoms with E-state index in [0.717, 1.165) is 30.3 Å². The summed E-state index contributed by atoms with van der Waals surface area (Å²) in [5.41, 5.74) is 3.58. The van der Waals surface area contributed by atoms with E-state index in [0.29, 0.717) is 12.0 Å². The van der Waals surface area contributed by atoms with Crippen molar-refractivity contribution in [2.45, 2.75) is 12.5 Å². The minimum atomic E-state index is -0.147. The van der Waals surface area contributed by atoms with Gasteiger partial charge in [0.1, 0.15) is 0 Å². The molecule has 28 heavy (non-hydrogen) atoms. The van der Waals surface area contributed by atoms with Crippen molar-refractivity contribution in [2.75, 3.05) is 0 Å². The second kappa shape index (κ2) is 8.31. The van der Waals surface area contributed by atoms with Crippen molar-refractivity contribution in [2.24, 2.45) is 5.10 Å². The van der Waals surface area contributed by atoms with Crippen LogP contribution in [-0.4, -0.2) is 16.6 Å². The van der Waals surface area contributed by atoms with Gasteiger partial charge in [-0.2, -0.15) is 5.10 Å². The minimum Gasteiger partial charge on any atom is -0.267 e. The molecule has 0 fully saturated rings. The molecule has 0 spiro atoms. The molecule has 1 heterocycles. The fraction of sp³-hybridized carbons (Fsp3) is 0.0909. The fourth-order valence-electron chi connectivity index (χ4n) is 3.22. The van der Waals surface area contributed by atoms with Gasteiger partial charge in [-0.15, -0.1) is 0 Å². The van der Waals surface area contributed by atoms with Gasteiger partial charge in [-0.25, -0.2) is 5.01 Å². The van der Waals surface area contributed by atoms with Gasteiger partial charge in [0.2, 0.25) is 0 Å². The van der Waals surface area contributed by atoms with Crippen LogP contribution in [0.1, 0.15) is 33.9 Å². The molecule has 3 aromatic carbocycles. The maximum Gasteiger partial charge on any atom is 0.275 e. The second-order valence-corrected chi connectivity index (χ2v) is 9.14. The van der Waals surface area contributed by atoms with E-state index < -0.39 is 0 Å². The molecule has 4 rings (SSSR count). The number of rotatable bonds is 3. The molecule has 140 valence electrons. The van der Waals surface area contributed by atoms with Gasteiger partial charge in [0.15, 0.2) is 0 Å². The summed E-state index contributed by atoms with van der Waals surface area (Å²) < 4.78 is 2.79. The number of nitrogens with zero attached hydrogens (tertiary/aromatic N) is 2. The maximum atomic E-state index is 13.3. The third kappa shape index (κ3) is 4.00. The Morgan fingerprint density at radius 1 is 0.857 bits per heavy atom. The van der Waals surface area contributed by atoms with Crippen LogP contribution in [0.2, 0.25) is 0 Å². The van der Waals surface area contributed by atoms with Crippen LogP contribution < -0.4 is 0 Å². The van der Waals surface area contributed by atoms with Crippen molar-refractivity contribution in [3.05, 3.63) is 103 Å². The van der Waals surface area contributed by atoms with Crippen LogP contribution in [0.5, 0.6) is 0 Å². The monoisotopic (exact) mass is 560 g/mol. The molecule has 0 saturated heterocycles. The summed E-state index contributed by atoms with van der Waals surface area (Å²) >= 11 is 10.4. The number of hydrogen-bond acceptors (Lipinski definition) is 2. The van der Waals surface area contributed by atoms with E-state index in [2.05, 4.69) is 47.8 Å². The second-order valence-electron chi connectivity index (χ2n) is 6.45. The molecule has 0 radical (unpaired) electrons. The van der Waals surface area contributed by atoms with Crippen LogP contribution in [0.4, 0.5) is 0 Å². The van der Waals surface area contributed by atoms with Crippen molar-refractivity contribution in [1.82, 2.24) is 5.01 Å². The normalized spacial score (nSPS) is 16.2. The zero-order valence-electron chi connectivity index (χ0n) is 14.6. The molecule has 6 heteroatoms. The van der Waals surface area contributed by atoms with E-state index in [4.69, 9.17) is 5.10 Å². The first-order valence-electron chi connectivity index (χ1n) is 8.70. The van der Waals surface area contributed by atoms with Crippen LogP contribution in [0.25, 0.3) is 0 Å². The molecule has 3 aromatic rings. The van der Waals surface area contributed by atoms with E-state index in [1.165, 1.54) is 0 Å². The molecule has 0 bridgehead atoms. The summed E-state index contributed by atoms with van der Waals surface area (Å²) in [4.78, 5) is 13.3. The molecule has 0 unspecified atom stereocenters. The van der Waals surface area contributed by atoms with Crippen LogP contribution in [0, 0.1) is 0 Å². The highest BCUT2D eigenvalue weighted by atomic mass is 79.9. The Morgan fingerprint density at radius 3 is 2.11 bits per heavy atom. The van der Waals surface area contributed by atoms with Crippen molar-refractivity contribution in [3.8, 4) is 0 Å². The molecule has 1 atom stereocenters. The van der Waals surface area contributed by atoms with Gasteiger partial charge in [-0.05, 0) is 63.5 Å². The lowest BCUT2D eigenvalue weighted by molar-refractivity contribution is 0.0710. The lowest BCUT2D eigenvalue weighted by Gasteiger charge is -2.22. The summed E-state index contributed by atoms with van der Waals surface area (Å²) in [6.45, 7) is 0. The molecule has 0 aliphatic carbocycles. The SMILES string of the molecule is O=C(c1ccccc1Br)N1N=C(c2ccc(Br)cc2)C[C@@H]1c1ccc(Br)cc1.